The van der Waals surface area contributed by atoms with E-state index in [-0.39, 0.29) is 5.91 Å². The first-order valence-electron chi connectivity index (χ1n) is 6.54. The van der Waals surface area contributed by atoms with Crippen molar-refractivity contribution in [3.05, 3.63) is 60.2 Å². The third-order valence-corrected chi connectivity index (χ3v) is 2.82. The topological polar surface area (TPSA) is 50.4 Å². The Labute approximate surface area is 118 Å². The second-order valence-electron chi connectivity index (χ2n) is 4.40. The molecule has 0 aromatic heterocycles. The van der Waals surface area contributed by atoms with Crippen LogP contribution in [0.15, 0.2) is 54.6 Å². The molecule has 2 aromatic rings. The van der Waals surface area contributed by atoms with Crippen molar-refractivity contribution in [1.82, 2.24) is 5.43 Å². The Morgan fingerprint density at radius 3 is 2.50 bits per heavy atom. The summed E-state index contributed by atoms with van der Waals surface area (Å²) in [6, 6.07) is 17.2. The molecule has 0 heterocycles. The highest BCUT2D eigenvalue weighted by atomic mass is 16.5. The largest absolute Gasteiger partial charge is 0.493 e. The maximum Gasteiger partial charge on any atom is 0.241 e. The van der Waals surface area contributed by atoms with Crippen molar-refractivity contribution >= 4 is 11.6 Å². The van der Waals surface area contributed by atoms with Crippen LogP contribution in [0, 0.1) is 6.92 Å². The number of nitrogens with one attached hydrogen (secondary N) is 2. The minimum Gasteiger partial charge on any atom is -0.493 e. The highest BCUT2D eigenvalue weighted by Gasteiger charge is 2.02. The van der Waals surface area contributed by atoms with Crippen molar-refractivity contribution in [2.75, 3.05) is 12.0 Å². The van der Waals surface area contributed by atoms with E-state index in [0.29, 0.717) is 13.0 Å². The molecular weight excluding hydrogens is 252 g/mol. The van der Waals surface area contributed by atoms with E-state index in [2.05, 4.69) is 10.9 Å². The number of aryl methyl sites for hydroxylation is 1. The molecule has 0 unspecified atom stereocenters. The van der Waals surface area contributed by atoms with Gasteiger partial charge in [-0.2, -0.15) is 0 Å². The summed E-state index contributed by atoms with van der Waals surface area (Å²) >= 11 is 0. The van der Waals surface area contributed by atoms with Gasteiger partial charge in [-0.25, -0.2) is 0 Å². The fraction of sp³-hybridized carbons (Fsp3) is 0.188. The summed E-state index contributed by atoms with van der Waals surface area (Å²) in [5, 5.41) is 0. The van der Waals surface area contributed by atoms with Crippen LogP contribution in [-0.4, -0.2) is 12.5 Å². The lowest BCUT2D eigenvalue weighted by Gasteiger charge is -2.11. The molecule has 0 spiro atoms. The van der Waals surface area contributed by atoms with Gasteiger partial charge < -0.3 is 4.74 Å². The standard InChI is InChI=1S/C16H18N2O2/c1-13-7-5-6-10-15(13)17-18-16(19)11-12-20-14-8-3-2-4-9-14/h2-10,17H,11-12H2,1H3,(H,18,19). The van der Waals surface area contributed by atoms with Crippen LogP contribution in [0.2, 0.25) is 0 Å². The van der Waals surface area contributed by atoms with E-state index in [1.54, 1.807) is 0 Å². The van der Waals surface area contributed by atoms with Crippen LogP contribution < -0.4 is 15.6 Å². The summed E-state index contributed by atoms with van der Waals surface area (Å²) in [6.45, 7) is 2.33. The van der Waals surface area contributed by atoms with Crippen molar-refractivity contribution < 1.29 is 9.53 Å². The molecule has 20 heavy (non-hydrogen) atoms. The quantitative estimate of drug-likeness (QED) is 0.793. The van der Waals surface area contributed by atoms with Gasteiger partial charge in [-0.1, -0.05) is 36.4 Å². The molecule has 104 valence electrons. The zero-order chi connectivity index (χ0) is 14.2. The number of hydrogen-bond acceptors (Lipinski definition) is 3. The number of amides is 1. The normalized spacial score (nSPS) is 9.85. The monoisotopic (exact) mass is 270 g/mol. The van der Waals surface area contributed by atoms with Gasteiger partial charge in [0.05, 0.1) is 18.7 Å². The lowest BCUT2D eigenvalue weighted by Crippen LogP contribution is -2.30. The Morgan fingerprint density at radius 2 is 1.75 bits per heavy atom. The molecule has 0 aliphatic rings. The number of carbonyl (C=O) groups excluding carboxylic acids is 1. The van der Waals surface area contributed by atoms with Crippen LogP contribution in [0.1, 0.15) is 12.0 Å². The number of carbonyl (C=O) groups is 1. The maximum absolute atomic E-state index is 11.7. The van der Waals surface area contributed by atoms with Gasteiger partial charge in [0.15, 0.2) is 0 Å². The lowest BCUT2D eigenvalue weighted by atomic mass is 10.2. The van der Waals surface area contributed by atoms with Crippen molar-refractivity contribution in [1.29, 1.82) is 0 Å². The Bertz CT molecular complexity index is 555. The minimum atomic E-state index is -0.107. The fourth-order valence-electron chi connectivity index (χ4n) is 1.69. The summed E-state index contributed by atoms with van der Waals surface area (Å²) in [4.78, 5) is 11.7. The SMILES string of the molecule is Cc1ccccc1NNC(=O)CCOc1ccccc1. The van der Waals surface area contributed by atoms with Crippen LogP contribution in [0.5, 0.6) is 5.75 Å². The summed E-state index contributed by atoms with van der Waals surface area (Å²) in [5.41, 5.74) is 7.53. The summed E-state index contributed by atoms with van der Waals surface area (Å²) in [5.74, 6) is 0.663. The van der Waals surface area contributed by atoms with Gasteiger partial charge in [-0.05, 0) is 30.7 Å². The van der Waals surface area contributed by atoms with Gasteiger partial charge >= 0.3 is 0 Å². The molecule has 0 aliphatic heterocycles. The first kappa shape index (κ1) is 13.9. The van der Waals surface area contributed by atoms with Crippen LogP contribution in [0.4, 0.5) is 5.69 Å². The maximum atomic E-state index is 11.7. The van der Waals surface area contributed by atoms with Gasteiger partial charge in [-0.15, -0.1) is 0 Å². The van der Waals surface area contributed by atoms with E-state index in [1.165, 1.54) is 0 Å². The molecule has 0 saturated carbocycles. The highest BCUT2D eigenvalue weighted by molar-refractivity contribution is 5.77. The van der Waals surface area contributed by atoms with E-state index < -0.39 is 0 Å². The van der Waals surface area contributed by atoms with Crippen LogP contribution in [0.25, 0.3) is 0 Å². The van der Waals surface area contributed by atoms with Gasteiger partial charge in [0.2, 0.25) is 5.91 Å². The molecule has 0 atom stereocenters. The number of hydrazine groups is 1. The first-order valence-corrected chi connectivity index (χ1v) is 6.54. The van der Waals surface area contributed by atoms with Gasteiger partial charge in [0.1, 0.15) is 5.75 Å². The molecule has 0 saturated heterocycles. The third-order valence-electron chi connectivity index (χ3n) is 2.82. The second-order valence-corrected chi connectivity index (χ2v) is 4.40. The molecular formula is C16H18N2O2. The van der Waals surface area contributed by atoms with Gasteiger partial charge in [0.25, 0.3) is 0 Å². The molecule has 2 rings (SSSR count). The van der Waals surface area contributed by atoms with E-state index >= 15 is 0 Å². The van der Waals surface area contributed by atoms with E-state index in [1.807, 2.05) is 61.5 Å². The predicted molar refractivity (Wildman–Crippen MR) is 79.5 cm³/mol. The third kappa shape index (κ3) is 4.31. The highest BCUT2D eigenvalue weighted by Crippen LogP contribution is 2.11. The Kier molecular flexibility index (Phi) is 5.00. The molecule has 4 heteroatoms. The molecule has 0 bridgehead atoms. The number of para-hydroxylation sites is 2. The zero-order valence-electron chi connectivity index (χ0n) is 11.4. The van der Waals surface area contributed by atoms with E-state index in [4.69, 9.17) is 4.74 Å². The summed E-state index contributed by atoms with van der Waals surface area (Å²) in [7, 11) is 0. The van der Waals surface area contributed by atoms with E-state index in [0.717, 1.165) is 17.0 Å². The lowest BCUT2D eigenvalue weighted by molar-refractivity contribution is -0.121. The minimum absolute atomic E-state index is 0.107. The first-order chi connectivity index (χ1) is 9.75. The Balaban J connectivity index is 1.70. The van der Waals surface area contributed by atoms with Gasteiger partial charge in [-0.3, -0.25) is 15.6 Å². The number of anilines is 1. The smallest absolute Gasteiger partial charge is 0.241 e. The molecule has 1 amide bonds. The predicted octanol–water partition coefficient (Wildman–Crippen LogP) is 2.91. The van der Waals surface area contributed by atoms with Crippen molar-refractivity contribution in [2.24, 2.45) is 0 Å². The molecule has 0 fully saturated rings. The summed E-state index contributed by atoms with van der Waals surface area (Å²) in [6.07, 6.45) is 0.299. The van der Waals surface area contributed by atoms with Crippen LogP contribution in [-0.2, 0) is 4.79 Å². The molecule has 2 N–H and O–H groups in total. The number of rotatable bonds is 6. The Morgan fingerprint density at radius 1 is 1.05 bits per heavy atom. The average molecular weight is 270 g/mol. The van der Waals surface area contributed by atoms with Crippen molar-refractivity contribution in [2.45, 2.75) is 13.3 Å². The number of hydrogen-bond donors (Lipinski definition) is 2. The number of benzene rings is 2. The van der Waals surface area contributed by atoms with Crippen molar-refractivity contribution in [3.8, 4) is 5.75 Å². The molecule has 0 radical (unpaired) electrons. The zero-order valence-corrected chi connectivity index (χ0v) is 11.4. The average Bonchev–Trinajstić information content (AvgIpc) is 2.47. The molecule has 2 aromatic carbocycles. The Hall–Kier alpha value is -2.49. The van der Waals surface area contributed by atoms with E-state index in [9.17, 15) is 4.79 Å². The summed E-state index contributed by atoms with van der Waals surface area (Å²) < 4.78 is 5.46. The molecule has 0 aliphatic carbocycles. The molecule has 4 nitrogen and oxygen atoms in total. The van der Waals surface area contributed by atoms with Gasteiger partial charge in [0, 0.05) is 0 Å². The second kappa shape index (κ2) is 7.19. The fourth-order valence-corrected chi connectivity index (χ4v) is 1.69. The van der Waals surface area contributed by atoms with Crippen LogP contribution >= 0.6 is 0 Å². The van der Waals surface area contributed by atoms with Crippen LogP contribution in [0.3, 0.4) is 0 Å². The van der Waals surface area contributed by atoms with Crippen molar-refractivity contribution in [3.63, 3.8) is 0 Å². The number of ether oxygens (including phenoxy) is 1.